The maximum absolute atomic E-state index is 6.03. The number of ether oxygens (including phenoxy) is 3. The lowest BCUT2D eigenvalue weighted by atomic mass is 10.1. The predicted octanol–water partition coefficient (Wildman–Crippen LogP) is 5.11. The van der Waals surface area contributed by atoms with Gasteiger partial charge in [-0.1, -0.05) is 12.1 Å². The van der Waals surface area contributed by atoms with Crippen LogP contribution in [0.5, 0.6) is 11.5 Å². The zero-order valence-electron chi connectivity index (χ0n) is 13.6. The summed E-state index contributed by atoms with van der Waals surface area (Å²) in [5.74, 6) is 1.54. The molecule has 0 aliphatic rings. The summed E-state index contributed by atoms with van der Waals surface area (Å²) in [6.07, 6.45) is 0. The van der Waals surface area contributed by atoms with Crippen molar-refractivity contribution in [2.24, 2.45) is 0 Å². The lowest BCUT2D eigenvalue weighted by Gasteiger charge is -2.15. The summed E-state index contributed by atoms with van der Waals surface area (Å²) in [5, 5.41) is 0.0932. The molecule has 2 aromatic carbocycles. The maximum Gasteiger partial charge on any atom is 0.357 e. The fourth-order valence-corrected chi connectivity index (χ4v) is 2.86. The molecule has 0 N–H and O–H groups in total. The monoisotopic (exact) mass is 442 g/mol. The van der Waals surface area contributed by atoms with Crippen LogP contribution in [0.3, 0.4) is 0 Å². The Morgan fingerprint density at radius 2 is 1.74 bits per heavy atom. The molecule has 2 rings (SSSR count). The van der Waals surface area contributed by atoms with E-state index in [2.05, 4.69) is 55.5 Å². The fourth-order valence-electron chi connectivity index (χ4n) is 2.15. The van der Waals surface area contributed by atoms with Crippen LogP contribution in [-0.4, -0.2) is 12.3 Å². The first-order valence-corrected chi connectivity index (χ1v) is 8.65. The second kappa shape index (κ2) is 7.97. The van der Waals surface area contributed by atoms with E-state index < -0.39 is 0 Å². The molecule has 0 heterocycles. The van der Waals surface area contributed by atoms with E-state index in [4.69, 9.17) is 26.4 Å². The van der Waals surface area contributed by atoms with Crippen molar-refractivity contribution in [2.75, 3.05) is 7.11 Å². The Labute approximate surface area is 156 Å². The largest absolute Gasteiger partial charge is 0.488 e. The Morgan fingerprint density at radius 3 is 2.43 bits per heavy atom. The third kappa shape index (κ3) is 4.57. The van der Waals surface area contributed by atoms with Crippen molar-refractivity contribution in [1.82, 2.24) is 0 Å². The highest BCUT2D eigenvalue weighted by Gasteiger charge is 2.12. The number of aryl methyl sites for hydroxylation is 3. The first-order valence-electron chi connectivity index (χ1n) is 7.16. The molecule has 0 amide bonds. The standard InChI is InChI=1S/C18H19IO3S/c1-11-8-13(3)17(9-12(11)2)21-10-14-15(19)6-5-7-16(14)22-18(23)20-4/h5-9H,10H2,1-4H3. The molecular weight excluding hydrogens is 423 g/mol. The molecule has 5 heteroatoms. The van der Waals surface area contributed by atoms with Gasteiger partial charge >= 0.3 is 5.24 Å². The van der Waals surface area contributed by atoms with Crippen LogP contribution in [0.4, 0.5) is 0 Å². The van der Waals surface area contributed by atoms with Gasteiger partial charge in [0.2, 0.25) is 0 Å². The molecule has 0 bridgehead atoms. The Kier molecular flexibility index (Phi) is 6.24. The zero-order chi connectivity index (χ0) is 17.0. The Balaban J connectivity index is 2.23. The smallest absolute Gasteiger partial charge is 0.357 e. The van der Waals surface area contributed by atoms with Crippen LogP contribution in [-0.2, 0) is 11.3 Å². The van der Waals surface area contributed by atoms with Gasteiger partial charge in [0, 0.05) is 21.4 Å². The van der Waals surface area contributed by atoms with Gasteiger partial charge in [0.1, 0.15) is 18.1 Å². The minimum absolute atomic E-state index is 0.0932. The van der Waals surface area contributed by atoms with E-state index in [1.807, 2.05) is 18.2 Å². The van der Waals surface area contributed by atoms with Crippen LogP contribution in [0.25, 0.3) is 0 Å². The van der Waals surface area contributed by atoms with Gasteiger partial charge in [-0.3, -0.25) is 0 Å². The highest BCUT2D eigenvalue weighted by Crippen LogP contribution is 2.28. The van der Waals surface area contributed by atoms with Crippen LogP contribution in [0.1, 0.15) is 22.3 Å². The molecule has 0 unspecified atom stereocenters. The van der Waals surface area contributed by atoms with Crippen LogP contribution in [0.2, 0.25) is 0 Å². The van der Waals surface area contributed by atoms with E-state index in [-0.39, 0.29) is 5.24 Å². The van der Waals surface area contributed by atoms with Gasteiger partial charge in [0.15, 0.2) is 0 Å². The van der Waals surface area contributed by atoms with Crippen LogP contribution in [0.15, 0.2) is 30.3 Å². The highest BCUT2D eigenvalue weighted by molar-refractivity contribution is 14.1. The van der Waals surface area contributed by atoms with Gasteiger partial charge in [-0.2, -0.15) is 0 Å². The number of thiocarbonyl (C=S) groups is 1. The third-order valence-corrected chi connectivity index (χ3v) is 4.86. The highest BCUT2D eigenvalue weighted by atomic mass is 127. The van der Waals surface area contributed by atoms with E-state index >= 15 is 0 Å². The first kappa shape index (κ1) is 18.0. The summed E-state index contributed by atoms with van der Waals surface area (Å²) >= 11 is 7.25. The summed E-state index contributed by atoms with van der Waals surface area (Å²) < 4.78 is 17.6. The van der Waals surface area contributed by atoms with E-state index in [1.165, 1.54) is 18.2 Å². The molecular formula is C18H19IO3S. The molecule has 122 valence electrons. The Morgan fingerprint density at radius 1 is 1.04 bits per heavy atom. The van der Waals surface area contributed by atoms with Crippen molar-refractivity contribution in [1.29, 1.82) is 0 Å². The fraction of sp³-hybridized carbons (Fsp3) is 0.278. The van der Waals surface area contributed by atoms with Crippen molar-refractivity contribution >= 4 is 40.0 Å². The quantitative estimate of drug-likeness (QED) is 0.486. The van der Waals surface area contributed by atoms with Crippen molar-refractivity contribution in [2.45, 2.75) is 27.4 Å². The number of halogens is 1. The topological polar surface area (TPSA) is 27.7 Å². The zero-order valence-corrected chi connectivity index (χ0v) is 16.6. The number of hydrogen-bond donors (Lipinski definition) is 0. The predicted molar refractivity (Wildman–Crippen MR) is 104 cm³/mol. The molecule has 0 aromatic heterocycles. The molecule has 0 saturated carbocycles. The van der Waals surface area contributed by atoms with Gasteiger partial charge < -0.3 is 14.2 Å². The molecule has 23 heavy (non-hydrogen) atoms. The summed E-state index contributed by atoms with van der Waals surface area (Å²) in [6.45, 7) is 6.64. The molecule has 0 saturated heterocycles. The normalized spacial score (nSPS) is 10.3. The lowest BCUT2D eigenvalue weighted by Crippen LogP contribution is -2.10. The third-order valence-electron chi connectivity index (χ3n) is 3.60. The van der Waals surface area contributed by atoms with Crippen molar-refractivity contribution in [3.05, 3.63) is 56.2 Å². The summed E-state index contributed by atoms with van der Waals surface area (Å²) in [6, 6.07) is 9.99. The lowest BCUT2D eigenvalue weighted by molar-refractivity contribution is 0.287. The number of hydrogen-bond acceptors (Lipinski definition) is 4. The maximum atomic E-state index is 6.03. The number of benzene rings is 2. The molecule has 0 spiro atoms. The molecule has 0 fully saturated rings. The van der Waals surface area contributed by atoms with Gasteiger partial charge in [-0.25, -0.2) is 0 Å². The molecule has 0 atom stereocenters. The number of methoxy groups -OCH3 is 1. The first-order chi connectivity index (χ1) is 10.9. The van der Waals surface area contributed by atoms with Gasteiger partial charge in [-0.15, -0.1) is 0 Å². The molecule has 0 aliphatic carbocycles. The average molecular weight is 442 g/mol. The van der Waals surface area contributed by atoms with Crippen molar-refractivity contribution in [3.8, 4) is 11.5 Å². The average Bonchev–Trinajstić information content (AvgIpc) is 2.51. The van der Waals surface area contributed by atoms with Gasteiger partial charge in [0.05, 0.1) is 7.11 Å². The molecule has 0 radical (unpaired) electrons. The number of rotatable bonds is 4. The molecule has 3 nitrogen and oxygen atoms in total. The SMILES string of the molecule is COC(=S)Oc1cccc(I)c1COc1cc(C)c(C)cc1C. The Bertz CT molecular complexity index is 728. The van der Waals surface area contributed by atoms with Crippen LogP contribution < -0.4 is 9.47 Å². The van der Waals surface area contributed by atoms with E-state index in [0.717, 1.165) is 20.4 Å². The second-order valence-corrected chi connectivity index (χ2v) is 6.76. The van der Waals surface area contributed by atoms with E-state index in [1.54, 1.807) is 0 Å². The molecule has 2 aromatic rings. The van der Waals surface area contributed by atoms with Crippen molar-refractivity contribution < 1.29 is 14.2 Å². The van der Waals surface area contributed by atoms with E-state index in [9.17, 15) is 0 Å². The van der Waals surface area contributed by atoms with Gasteiger partial charge in [-0.05, 0) is 78.3 Å². The van der Waals surface area contributed by atoms with Crippen molar-refractivity contribution in [3.63, 3.8) is 0 Å². The molecule has 0 aliphatic heterocycles. The van der Waals surface area contributed by atoms with Crippen LogP contribution in [0, 0.1) is 24.3 Å². The summed E-state index contributed by atoms with van der Waals surface area (Å²) in [4.78, 5) is 0. The summed E-state index contributed by atoms with van der Waals surface area (Å²) in [5.41, 5.74) is 4.54. The minimum Gasteiger partial charge on any atom is -0.488 e. The minimum atomic E-state index is 0.0932. The van der Waals surface area contributed by atoms with Gasteiger partial charge in [0.25, 0.3) is 0 Å². The van der Waals surface area contributed by atoms with Crippen LogP contribution >= 0.6 is 34.8 Å². The Hall–Kier alpha value is -1.34. The summed E-state index contributed by atoms with van der Waals surface area (Å²) in [7, 11) is 1.49. The van der Waals surface area contributed by atoms with E-state index in [0.29, 0.717) is 12.4 Å². The second-order valence-electron chi connectivity index (χ2n) is 5.26.